The molecule has 0 saturated carbocycles. The predicted octanol–water partition coefficient (Wildman–Crippen LogP) is 0.817. The van der Waals surface area contributed by atoms with Crippen LogP contribution >= 0.6 is 0 Å². The zero-order chi connectivity index (χ0) is 14.0. The van der Waals surface area contributed by atoms with Gasteiger partial charge in [-0.05, 0) is 31.7 Å². The Morgan fingerprint density at radius 3 is 2.74 bits per heavy atom. The molecule has 1 aliphatic rings. The van der Waals surface area contributed by atoms with Crippen molar-refractivity contribution >= 4 is 10.0 Å². The van der Waals surface area contributed by atoms with Gasteiger partial charge in [0.15, 0.2) is 11.6 Å². The fraction of sp³-hybridized carbons (Fsp3) is 0.500. The van der Waals surface area contributed by atoms with E-state index in [1.165, 1.54) is 23.5 Å². The van der Waals surface area contributed by atoms with Crippen LogP contribution in [0.15, 0.2) is 23.1 Å². The summed E-state index contributed by atoms with van der Waals surface area (Å²) < 4.78 is 44.4. The number of halogens is 1. The van der Waals surface area contributed by atoms with Crippen molar-refractivity contribution in [3.05, 3.63) is 24.0 Å². The highest BCUT2D eigenvalue weighted by Crippen LogP contribution is 2.25. The van der Waals surface area contributed by atoms with Crippen molar-refractivity contribution in [3.8, 4) is 5.75 Å². The summed E-state index contributed by atoms with van der Waals surface area (Å²) in [5.41, 5.74) is 0. The summed E-state index contributed by atoms with van der Waals surface area (Å²) in [4.78, 5) is -0.0393. The van der Waals surface area contributed by atoms with E-state index >= 15 is 0 Å². The van der Waals surface area contributed by atoms with Crippen LogP contribution in [-0.2, 0) is 10.0 Å². The quantitative estimate of drug-likeness (QED) is 0.891. The molecule has 0 amide bonds. The maximum Gasteiger partial charge on any atom is 0.243 e. The lowest BCUT2D eigenvalue weighted by molar-refractivity contribution is 0.385. The number of rotatable bonds is 4. The minimum atomic E-state index is -3.63. The van der Waals surface area contributed by atoms with Gasteiger partial charge in [0.05, 0.1) is 12.0 Å². The van der Waals surface area contributed by atoms with Gasteiger partial charge in [-0.3, -0.25) is 0 Å². The molecule has 1 aliphatic heterocycles. The average Bonchev–Trinajstić information content (AvgIpc) is 2.88. The Bertz CT molecular complexity index is 562. The Morgan fingerprint density at radius 2 is 2.21 bits per heavy atom. The smallest absolute Gasteiger partial charge is 0.243 e. The summed E-state index contributed by atoms with van der Waals surface area (Å²) in [6.07, 6.45) is 0.758. The molecule has 2 rings (SSSR count). The van der Waals surface area contributed by atoms with Gasteiger partial charge in [0.1, 0.15) is 0 Å². The molecule has 1 N–H and O–H groups in total. The Kier molecular flexibility index (Phi) is 4.07. The molecule has 1 aromatic rings. The third kappa shape index (κ3) is 2.72. The van der Waals surface area contributed by atoms with E-state index in [1.54, 1.807) is 7.05 Å². The third-order valence-electron chi connectivity index (χ3n) is 3.32. The largest absolute Gasteiger partial charge is 0.494 e. The van der Waals surface area contributed by atoms with Gasteiger partial charge in [-0.2, -0.15) is 4.31 Å². The molecule has 1 atom stereocenters. The van der Waals surface area contributed by atoms with E-state index in [9.17, 15) is 12.8 Å². The van der Waals surface area contributed by atoms with Crippen LogP contribution in [0.2, 0.25) is 0 Å². The topological polar surface area (TPSA) is 58.6 Å². The first-order chi connectivity index (χ1) is 8.98. The highest BCUT2D eigenvalue weighted by Gasteiger charge is 2.32. The summed E-state index contributed by atoms with van der Waals surface area (Å²) in [5.74, 6) is -0.638. The molecule has 106 valence electrons. The first-order valence-corrected chi connectivity index (χ1v) is 7.44. The zero-order valence-electron chi connectivity index (χ0n) is 10.9. The van der Waals surface area contributed by atoms with Gasteiger partial charge in [0, 0.05) is 19.1 Å². The molecular weight excluding hydrogens is 271 g/mol. The van der Waals surface area contributed by atoms with Crippen molar-refractivity contribution < 1.29 is 17.5 Å². The second-order valence-electron chi connectivity index (χ2n) is 4.43. The van der Waals surface area contributed by atoms with E-state index in [1.807, 2.05) is 0 Å². The first kappa shape index (κ1) is 14.2. The van der Waals surface area contributed by atoms with Crippen molar-refractivity contribution in [1.82, 2.24) is 9.62 Å². The number of methoxy groups -OCH3 is 1. The third-order valence-corrected chi connectivity index (χ3v) is 5.18. The van der Waals surface area contributed by atoms with Crippen molar-refractivity contribution in [2.75, 3.05) is 27.2 Å². The van der Waals surface area contributed by atoms with Gasteiger partial charge in [-0.1, -0.05) is 0 Å². The van der Waals surface area contributed by atoms with Crippen LogP contribution in [0.4, 0.5) is 4.39 Å². The van der Waals surface area contributed by atoms with Gasteiger partial charge in [0.25, 0.3) is 0 Å². The monoisotopic (exact) mass is 288 g/mol. The number of nitrogens with zero attached hydrogens (tertiary/aromatic N) is 1. The SMILES string of the molecule is CNC1CCN(S(=O)(=O)c2ccc(OC)c(F)c2)C1. The Balaban J connectivity index is 2.27. The fourth-order valence-corrected chi connectivity index (χ4v) is 3.65. The molecule has 0 bridgehead atoms. The number of likely N-dealkylation sites (N-methyl/N-ethyl adjacent to an activating group) is 1. The lowest BCUT2D eigenvalue weighted by Crippen LogP contribution is -2.33. The molecule has 5 nitrogen and oxygen atoms in total. The van der Waals surface area contributed by atoms with E-state index in [0.29, 0.717) is 13.1 Å². The van der Waals surface area contributed by atoms with Gasteiger partial charge in [-0.25, -0.2) is 12.8 Å². The minimum absolute atomic E-state index is 0.0356. The van der Waals surface area contributed by atoms with E-state index in [0.717, 1.165) is 12.5 Å². The summed E-state index contributed by atoms with van der Waals surface area (Å²) in [6.45, 7) is 0.855. The maximum absolute atomic E-state index is 13.6. The van der Waals surface area contributed by atoms with Crippen LogP contribution in [-0.4, -0.2) is 46.0 Å². The molecule has 0 aliphatic carbocycles. The van der Waals surface area contributed by atoms with Crippen LogP contribution in [0.25, 0.3) is 0 Å². The standard InChI is InChI=1S/C12H17FN2O3S/c1-14-9-5-6-15(8-9)19(16,17)10-3-4-12(18-2)11(13)7-10/h3-4,7,9,14H,5-6,8H2,1-2H3. The highest BCUT2D eigenvalue weighted by molar-refractivity contribution is 7.89. The van der Waals surface area contributed by atoms with Crippen LogP contribution in [0.5, 0.6) is 5.75 Å². The molecule has 1 fully saturated rings. The molecule has 1 heterocycles. The van der Waals surface area contributed by atoms with Crippen LogP contribution in [0.3, 0.4) is 0 Å². The van der Waals surface area contributed by atoms with Crippen molar-refractivity contribution in [3.63, 3.8) is 0 Å². The van der Waals surface area contributed by atoms with E-state index in [2.05, 4.69) is 5.32 Å². The lowest BCUT2D eigenvalue weighted by atomic mass is 10.3. The maximum atomic E-state index is 13.6. The number of sulfonamides is 1. The molecule has 0 radical (unpaired) electrons. The minimum Gasteiger partial charge on any atom is -0.494 e. The second kappa shape index (κ2) is 5.44. The van der Waals surface area contributed by atoms with Crippen molar-refractivity contribution in [2.45, 2.75) is 17.4 Å². The molecule has 1 aromatic carbocycles. The zero-order valence-corrected chi connectivity index (χ0v) is 11.7. The number of hydrogen-bond donors (Lipinski definition) is 1. The summed E-state index contributed by atoms with van der Waals surface area (Å²) >= 11 is 0. The Morgan fingerprint density at radius 1 is 1.47 bits per heavy atom. The number of hydrogen-bond acceptors (Lipinski definition) is 4. The lowest BCUT2D eigenvalue weighted by Gasteiger charge is -2.17. The van der Waals surface area contributed by atoms with Crippen molar-refractivity contribution in [2.24, 2.45) is 0 Å². The highest BCUT2D eigenvalue weighted by atomic mass is 32.2. The predicted molar refractivity (Wildman–Crippen MR) is 69.2 cm³/mol. The summed E-state index contributed by atoms with van der Waals surface area (Å²) in [6, 6.07) is 3.84. The summed E-state index contributed by atoms with van der Waals surface area (Å²) in [5, 5.41) is 3.05. The molecule has 19 heavy (non-hydrogen) atoms. The molecule has 0 aromatic heterocycles. The number of nitrogens with one attached hydrogen (secondary N) is 1. The van der Waals surface area contributed by atoms with Gasteiger partial charge in [-0.15, -0.1) is 0 Å². The Hall–Kier alpha value is -1.18. The van der Waals surface area contributed by atoms with Crippen LogP contribution < -0.4 is 10.1 Å². The van der Waals surface area contributed by atoms with E-state index in [4.69, 9.17) is 4.74 Å². The van der Waals surface area contributed by atoms with E-state index < -0.39 is 15.8 Å². The number of benzene rings is 1. The fourth-order valence-electron chi connectivity index (χ4n) is 2.14. The van der Waals surface area contributed by atoms with Gasteiger partial charge in [0.2, 0.25) is 10.0 Å². The van der Waals surface area contributed by atoms with Crippen LogP contribution in [0.1, 0.15) is 6.42 Å². The Labute approximate surface area is 112 Å². The van der Waals surface area contributed by atoms with Gasteiger partial charge < -0.3 is 10.1 Å². The summed E-state index contributed by atoms with van der Waals surface area (Å²) in [7, 11) is -0.494. The molecular formula is C12H17FN2O3S. The molecule has 1 unspecified atom stereocenters. The van der Waals surface area contributed by atoms with E-state index in [-0.39, 0.29) is 16.7 Å². The normalized spacial score (nSPS) is 20.7. The molecule has 7 heteroatoms. The average molecular weight is 288 g/mol. The first-order valence-electron chi connectivity index (χ1n) is 6.00. The molecule has 1 saturated heterocycles. The van der Waals surface area contributed by atoms with Gasteiger partial charge >= 0.3 is 0 Å². The number of ether oxygens (including phenoxy) is 1. The van der Waals surface area contributed by atoms with Crippen LogP contribution in [0, 0.1) is 5.82 Å². The molecule has 0 spiro atoms. The van der Waals surface area contributed by atoms with Crippen molar-refractivity contribution in [1.29, 1.82) is 0 Å². The second-order valence-corrected chi connectivity index (χ2v) is 6.37.